The van der Waals surface area contributed by atoms with E-state index in [4.69, 9.17) is 4.55 Å². The number of amides is 1. The lowest BCUT2D eigenvalue weighted by Gasteiger charge is -2.23. The molecule has 6 nitrogen and oxygen atoms in total. The van der Waals surface area contributed by atoms with E-state index in [1.807, 2.05) is 0 Å². The molecule has 0 aromatic rings. The molecule has 0 bridgehead atoms. The summed E-state index contributed by atoms with van der Waals surface area (Å²) < 4.78 is 31.7. The zero-order chi connectivity index (χ0) is 22.7. The first-order chi connectivity index (χ1) is 14.3. The molecular formula is C23H45NO5S. The molecule has 0 saturated heterocycles. The van der Waals surface area contributed by atoms with Crippen molar-refractivity contribution >= 4 is 16.0 Å². The first-order valence-electron chi connectivity index (χ1n) is 11.9. The van der Waals surface area contributed by atoms with Crippen LogP contribution in [0.15, 0.2) is 12.2 Å². The summed E-state index contributed by atoms with van der Waals surface area (Å²) in [6.07, 6.45) is 17.8. The number of rotatable bonds is 20. The van der Waals surface area contributed by atoms with Gasteiger partial charge in [-0.3, -0.25) is 9.35 Å². The average molecular weight is 448 g/mol. The Bertz CT molecular complexity index is 548. The molecule has 178 valence electrons. The minimum absolute atomic E-state index is 0.267. The van der Waals surface area contributed by atoms with Gasteiger partial charge in [-0.05, 0) is 32.1 Å². The highest BCUT2D eigenvalue weighted by molar-refractivity contribution is 7.85. The van der Waals surface area contributed by atoms with Crippen molar-refractivity contribution in [1.82, 2.24) is 5.32 Å². The molecule has 0 aromatic heterocycles. The maximum Gasteiger partial charge on any atom is 0.266 e. The van der Waals surface area contributed by atoms with Crippen LogP contribution in [0, 0.1) is 0 Å². The zero-order valence-corrected chi connectivity index (χ0v) is 20.0. The van der Waals surface area contributed by atoms with Gasteiger partial charge in [0.05, 0.1) is 17.9 Å². The number of carbonyl (C=O) groups is 1. The predicted molar refractivity (Wildman–Crippen MR) is 124 cm³/mol. The van der Waals surface area contributed by atoms with Crippen LogP contribution in [0.1, 0.15) is 110 Å². The first kappa shape index (κ1) is 29.1. The summed E-state index contributed by atoms with van der Waals surface area (Å²) in [7, 11) is -4.28. The lowest BCUT2D eigenvalue weighted by molar-refractivity contribution is -0.122. The van der Waals surface area contributed by atoms with Crippen LogP contribution in [0.2, 0.25) is 0 Å². The number of hydrogen-bond acceptors (Lipinski definition) is 4. The second kappa shape index (κ2) is 18.8. The molecule has 30 heavy (non-hydrogen) atoms. The maximum absolute atomic E-state index is 12.2. The number of allylic oxidation sites excluding steroid dienone is 2. The largest absolute Gasteiger partial charge is 0.391 e. The first-order valence-corrected chi connectivity index (χ1v) is 13.5. The number of aliphatic hydroxyl groups excluding tert-OH is 1. The Labute approximate surface area is 184 Å². The van der Waals surface area contributed by atoms with Crippen LogP contribution >= 0.6 is 0 Å². The van der Waals surface area contributed by atoms with Gasteiger partial charge in [-0.25, -0.2) is 0 Å². The molecule has 3 N–H and O–H groups in total. The van der Waals surface area contributed by atoms with E-state index in [1.54, 1.807) is 0 Å². The third kappa shape index (κ3) is 19.1. The van der Waals surface area contributed by atoms with Crippen LogP contribution in [0.5, 0.6) is 0 Å². The molecule has 0 aliphatic carbocycles. The summed E-state index contributed by atoms with van der Waals surface area (Å²) in [6, 6.07) is -0.964. The summed E-state index contributed by atoms with van der Waals surface area (Å²) >= 11 is 0. The average Bonchev–Trinajstić information content (AvgIpc) is 2.67. The van der Waals surface area contributed by atoms with Crippen molar-refractivity contribution in [3.05, 3.63) is 12.2 Å². The third-order valence-corrected chi connectivity index (χ3v) is 5.98. The van der Waals surface area contributed by atoms with Gasteiger partial charge in [-0.15, -0.1) is 0 Å². The molecule has 0 saturated carbocycles. The van der Waals surface area contributed by atoms with E-state index in [0.717, 1.165) is 77.0 Å². The molecular weight excluding hydrogens is 402 g/mol. The van der Waals surface area contributed by atoms with Gasteiger partial charge in [0.15, 0.2) is 0 Å². The monoisotopic (exact) mass is 447 g/mol. The number of nitrogens with one attached hydrogen (secondary N) is 1. The highest BCUT2D eigenvalue weighted by Gasteiger charge is 2.25. The van der Waals surface area contributed by atoms with Crippen LogP contribution in [0.25, 0.3) is 0 Å². The van der Waals surface area contributed by atoms with E-state index in [0.29, 0.717) is 12.8 Å². The van der Waals surface area contributed by atoms with E-state index >= 15 is 0 Å². The number of hydrogen-bond donors (Lipinski definition) is 3. The Hall–Kier alpha value is -0.920. The summed E-state index contributed by atoms with van der Waals surface area (Å²) in [5.41, 5.74) is 0. The van der Waals surface area contributed by atoms with Crippen LogP contribution in [0.3, 0.4) is 0 Å². The fraction of sp³-hybridized carbons (Fsp3) is 0.870. The lowest BCUT2D eigenvalue weighted by atomic mass is 10.0. The molecule has 0 rings (SSSR count). The fourth-order valence-electron chi connectivity index (χ4n) is 3.39. The fourth-order valence-corrected chi connectivity index (χ4v) is 4.15. The molecule has 0 fully saturated rings. The molecule has 0 aromatic carbocycles. The van der Waals surface area contributed by atoms with Crippen LogP contribution in [-0.4, -0.2) is 41.9 Å². The lowest BCUT2D eigenvalue weighted by Crippen LogP contribution is -2.47. The van der Waals surface area contributed by atoms with Crippen molar-refractivity contribution in [2.45, 2.75) is 122 Å². The van der Waals surface area contributed by atoms with Crippen molar-refractivity contribution in [2.75, 3.05) is 5.75 Å². The van der Waals surface area contributed by atoms with Gasteiger partial charge in [0.1, 0.15) is 0 Å². The second-order valence-corrected chi connectivity index (χ2v) is 9.76. The molecule has 0 heterocycles. The van der Waals surface area contributed by atoms with E-state index in [9.17, 15) is 18.3 Å². The van der Waals surface area contributed by atoms with Crippen molar-refractivity contribution in [2.24, 2.45) is 0 Å². The Morgan fingerprint density at radius 2 is 1.47 bits per heavy atom. The highest BCUT2D eigenvalue weighted by Crippen LogP contribution is 2.12. The van der Waals surface area contributed by atoms with Crippen molar-refractivity contribution in [3.8, 4) is 0 Å². The quantitative estimate of drug-likeness (QED) is 0.136. The van der Waals surface area contributed by atoms with Gasteiger partial charge in [-0.2, -0.15) is 8.42 Å². The minimum atomic E-state index is -4.28. The molecule has 0 aliphatic heterocycles. The molecule has 0 radical (unpaired) electrons. The Balaban J connectivity index is 4.14. The molecule has 2 atom stereocenters. The van der Waals surface area contributed by atoms with Gasteiger partial charge in [0, 0.05) is 6.42 Å². The number of carbonyl (C=O) groups excluding carboxylic acids is 1. The molecule has 0 spiro atoms. The van der Waals surface area contributed by atoms with Crippen molar-refractivity contribution in [3.63, 3.8) is 0 Å². The normalized spacial score (nSPS) is 14.1. The molecule has 1 amide bonds. The van der Waals surface area contributed by atoms with Crippen LogP contribution < -0.4 is 5.32 Å². The van der Waals surface area contributed by atoms with E-state index in [1.165, 1.54) is 6.42 Å². The summed E-state index contributed by atoms with van der Waals surface area (Å²) in [4.78, 5) is 12.2. The summed E-state index contributed by atoms with van der Waals surface area (Å²) in [6.45, 7) is 4.29. The van der Waals surface area contributed by atoms with Gasteiger partial charge in [0.2, 0.25) is 5.91 Å². The van der Waals surface area contributed by atoms with Gasteiger partial charge >= 0.3 is 0 Å². The van der Waals surface area contributed by atoms with Crippen molar-refractivity contribution < 1.29 is 22.9 Å². The highest BCUT2D eigenvalue weighted by atomic mass is 32.2. The van der Waals surface area contributed by atoms with Crippen LogP contribution in [0.4, 0.5) is 0 Å². The minimum Gasteiger partial charge on any atom is -0.391 e. The van der Waals surface area contributed by atoms with E-state index in [2.05, 4.69) is 31.3 Å². The standard InChI is InChI=1S/C23H45NO5S/c1-3-5-7-9-10-11-12-13-15-17-19-23(26)24-21(20-30(27,28)29)22(25)18-16-14-8-6-4-2/h7,9,21-22,25H,3-6,8,10-20H2,1-2H3,(H,24,26)(H,27,28,29)/b9-7-. The van der Waals surface area contributed by atoms with Gasteiger partial charge in [0.25, 0.3) is 10.1 Å². The molecule has 0 aliphatic rings. The van der Waals surface area contributed by atoms with E-state index in [-0.39, 0.29) is 5.91 Å². The summed E-state index contributed by atoms with van der Waals surface area (Å²) in [5.74, 6) is -0.920. The maximum atomic E-state index is 12.2. The molecule has 2 unspecified atom stereocenters. The topological polar surface area (TPSA) is 104 Å². The summed E-state index contributed by atoms with van der Waals surface area (Å²) in [5, 5.41) is 12.9. The van der Waals surface area contributed by atoms with Crippen molar-refractivity contribution in [1.29, 1.82) is 0 Å². The Morgan fingerprint density at radius 3 is 2.13 bits per heavy atom. The smallest absolute Gasteiger partial charge is 0.266 e. The second-order valence-electron chi connectivity index (χ2n) is 8.26. The third-order valence-electron chi connectivity index (χ3n) is 5.20. The number of aliphatic hydroxyl groups is 1. The Morgan fingerprint density at radius 1 is 0.867 bits per heavy atom. The zero-order valence-electron chi connectivity index (χ0n) is 19.2. The van der Waals surface area contributed by atoms with E-state index < -0.39 is 28.0 Å². The van der Waals surface area contributed by atoms with Crippen LogP contribution in [-0.2, 0) is 14.9 Å². The van der Waals surface area contributed by atoms with Gasteiger partial charge in [-0.1, -0.05) is 83.8 Å². The SMILES string of the molecule is CCC/C=C\CCCCCCCC(=O)NC(CS(=O)(=O)O)C(O)CCCCCCC. The Kier molecular flexibility index (Phi) is 18.2. The predicted octanol–water partition coefficient (Wildman–Crippen LogP) is 5.17. The van der Waals surface area contributed by atoms with Gasteiger partial charge < -0.3 is 10.4 Å². The molecule has 7 heteroatoms. The number of unbranched alkanes of at least 4 members (excludes halogenated alkanes) is 10.